The van der Waals surface area contributed by atoms with Crippen molar-refractivity contribution in [3.8, 4) is 0 Å². The molecule has 6 heteroatoms. The minimum atomic E-state index is -0.156. The molecule has 28 heavy (non-hydrogen) atoms. The van der Waals surface area contributed by atoms with Crippen LogP contribution in [-0.2, 0) is 6.54 Å². The molecule has 4 rings (SSSR count). The average molecular weight is 377 g/mol. The first-order chi connectivity index (χ1) is 13.4. The molecule has 2 amide bonds. The van der Waals surface area contributed by atoms with Gasteiger partial charge in [-0.2, -0.15) is 0 Å². The second-order valence-electron chi connectivity index (χ2n) is 7.72. The van der Waals surface area contributed by atoms with Gasteiger partial charge in [-0.25, -0.2) is 9.78 Å². The van der Waals surface area contributed by atoms with Gasteiger partial charge in [-0.3, -0.25) is 0 Å². The number of aromatic nitrogens is 2. The molecule has 3 aromatic rings. The fraction of sp³-hybridized carbons (Fsp3) is 0.364. The summed E-state index contributed by atoms with van der Waals surface area (Å²) in [4.78, 5) is 16.9. The largest absolute Gasteiger partial charge is 0.378 e. The van der Waals surface area contributed by atoms with Crippen LogP contribution in [-0.4, -0.2) is 21.5 Å². The van der Waals surface area contributed by atoms with E-state index in [-0.39, 0.29) is 6.03 Å². The van der Waals surface area contributed by atoms with E-state index in [2.05, 4.69) is 48.0 Å². The van der Waals surface area contributed by atoms with Crippen LogP contribution >= 0.6 is 0 Å². The predicted octanol–water partition coefficient (Wildman–Crippen LogP) is 4.46. The molecule has 2 aromatic heterocycles. The number of nitrogens with one attached hydrogen (secondary N) is 3. The summed E-state index contributed by atoms with van der Waals surface area (Å²) in [7, 11) is 0. The van der Waals surface area contributed by atoms with Crippen LogP contribution in [0.4, 0.5) is 16.2 Å². The third-order valence-corrected chi connectivity index (χ3v) is 5.47. The SMILES string of the molecule is Cc1cccc(C)c1CNc1cc(NC(=O)NC2CC2)cn2c(C)c(C)nc12. The van der Waals surface area contributed by atoms with E-state index >= 15 is 0 Å². The Morgan fingerprint density at radius 1 is 1.18 bits per heavy atom. The van der Waals surface area contributed by atoms with Gasteiger partial charge in [0.15, 0.2) is 5.65 Å². The van der Waals surface area contributed by atoms with E-state index in [1.54, 1.807) is 0 Å². The predicted molar refractivity (Wildman–Crippen MR) is 113 cm³/mol. The van der Waals surface area contributed by atoms with E-state index in [1.807, 2.05) is 30.5 Å². The van der Waals surface area contributed by atoms with Crippen LogP contribution in [0.1, 0.15) is 40.9 Å². The third kappa shape index (κ3) is 3.67. The number of carbonyl (C=O) groups is 1. The van der Waals surface area contributed by atoms with E-state index in [1.165, 1.54) is 16.7 Å². The topological polar surface area (TPSA) is 70.5 Å². The van der Waals surface area contributed by atoms with Crippen LogP contribution in [0, 0.1) is 27.7 Å². The second-order valence-corrected chi connectivity index (χ2v) is 7.72. The number of nitrogens with zero attached hydrogens (tertiary/aromatic N) is 2. The Morgan fingerprint density at radius 2 is 1.89 bits per heavy atom. The maximum Gasteiger partial charge on any atom is 0.319 e. The molecule has 0 radical (unpaired) electrons. The molecular weight excluding hydrogens is 350 g/mol. The lowest BCUT2D eigenvalue weighted by molar-refractivity contribution is 0.251. The Balaban J connectivity index is 1.65. The summed E-state index contributed by atoms with van der Waals surface area (Å²) in [5, 5.41) is 9.47. The number of rotatable bonds is 5. The van der Waals surface area contributed by atoms with Crippen LogP contribution in [0.15, 0.2) is 30.5 Å². The summed E-state index contributed by atoms with van der Waals surface area (Å²) in [6.45, 7) is 9.01. The van der Waals surface area contributed by atoms with Gasteiger partial charge in [0, 0.05) is 24.5 Å². The Bertz CT molecular complexity index is 1030. The molecule has 1 fully saturated rings. The van der Waals surface area contributed by atoms with Crippen molar-refractivity contribution in [3.05, 3.63) is 58.5 Å². The molecule has 0 unspecified atom stereocenters. The standard InChI is InChI=1S/C22H27N5O/c1-13-6-5-7-14(2)19(13)11-23-20-10-18(26-22(28)25-17-8-9-17)12-27-16(4)15(3)24-21(20)27/h5-7,10,12,17,23H,8-9,11H2,1-4H3,(H2,25,26,28). The highest BCUT2D eigenvalue weighted by molar-refractivity contribution is 5.91. The van der Waals surface area contributed by atoms with Gasteiger partial charge in [0.1, 0.15) is 0 Å². The Hall–Kier alpha value is -3.02. The maximum absolute atomic E-state index is 12.2. The summed E-state index contributed by atoms with van der Waals surface area (Å²) in [6, 6.07) is 8.46. The number of benzene rings is 1. The first-order valence-electron chi connectivity index (χ1n) is 9.78. The van der Waals surface area contributed by atoms with Crippen molar-refractivity contribution in [2.24, 2.45) is 0 Å². The lowest BCUT2D eigenvalue weighted by Crippen LogP contribution is -2.30. The molecule has 2 heterocycles. The molecule has 1 aliphatic rings. The smallest absolute Gasteiger partial charge is 0.319 e. The highest BCUT2D eigenvalue weighted by Gasteiger charge is 2.23. The van der Waals surface area contributed by atoms with Gasteiger partial charge in [-0.05, 0) is 63.3 Å². The zero-order valence-electron chi connectivity index (χ0n) is 16.9. The molecule has 0 bridgehead atoms. The second kappa shape index (κ2) is 7.19. The van der Waals surface area contributed by atoms with Crippen molar-refractivity contribution >= 4 is 23.1 Å². The third-order valence-electron chi connectivity index (χ3n) is 5.47. The summed E-state index contributed by atoms with van der Waals surface area (Å²) >= 11 is 0. The van der Waals surface area contributed by atoms with Crippen LogP contribution in [0.25, 0.3) is 5.65 Å². The van der Waals surface area contributed by atoms with Gasteiger partial charge in [0.2, 0.25) is 0 Å². The molecule has 1 aliphatic carbocycles. The Kier molecular flexibility index (Phi) is 4.71. The fourth-order valence-corrected chi connectivity index (χ4v) is 3.46. The summed E-state index contributed by atoms with van der Waals surface area (Å²) in [5.41, 5.74) is 8.37. The number of fused-ring (bicyclic) bond motifs is 1. The quantitative estimate of drug-likeness (QED) is 0.615. The minimum Gasteiger partial charge on any atom is -0.378 e. The summed E-state index contributed by atoms with van der Waals surface area (Å²) < 4.78 is 2.04. The number of pyridine rings is 1. The zero-order valence-corrected chi connectivity index (χ0v) is 16.9. The molecular formula is C22H27N5O. The van der Waals surface area contributed by atoms with Gasteiger partial charge in [-0.15, -0.1) is 0 Å². The average Bonchev–Trinajstić information content (AvgIpc) is 3.40. The van der Waals surface area contributed by atoms with E-state index in [9.17, 15) is 4.79 Å². The number of amides is 2. The van der Waals surface area contributed by atoms with E-state index in [0.29, 0.717) is 12.6 Å². The van der Waals surface area contributed by atoms with Crippen molar-refractivity contribution in [2.45, 2.75) is 53.1 Å². The first kappa shape index (κ1) is 18.3. The van der Waals surface area contributed by atoms with Gasteiger partial charge in [-0.1, -0.05) is 18.2 Å². The summed E-state index contributed by atoms with van der Waals surface area (Å²) in [6.07, 6.45) is 4.06. The number of aryl methyl sites for hydroxylation is 4. The lowest BCUT2D eigenvalue weighted by atomic mass is 10.0. The minimum absolute atomic E-state index is 0.156. The number of imidazole rings is 1. The number of urea groups is 1. The first-order valence-corrected chi connectivity index (χ1v) is 9.78. The normalized spacial score (nSPS) is 13.6. The summed E-state index contributed by atoms with van der Waals surface area (Å²) in [5.74, 6) is 0. The van der Waals surface area contributed by atoms with Crippen molar-refractivity contribution in [1.82, 2.24) is 14.7 Å². The van der Waals surface area contributed by atoms with Gasteiger partial charge >= 0.3 is 6.03 Å². The highest BCUT2D eigenvalue weighted by atomic mass is 16.2. The number of carbonyl (C=O) groups excluding carboxylic acids is 1. The van der Waals surface area contributed by atoms with E-state index < -0.39 is 0 Å². The fourth-order valence-electron chi connectivity index (χ4n) is 3.46. The van der Waals surface area contributed by atoms with Crippen LogP contribution in [0.5, 0.6) is 0 Å². The molecule has 1 aromatic carbocycles. The zero-order chi connectivity index (χ0) is 19.8. The van der Waals surface area contributed by atoms with Crippen molar-refractivity contribution in [3.63, 3.8) is 0 Å². The van der Waals surface area contributed by atoms with Crippen LogP contribution < -0.4 is 16.0 Å². The monoisotopic (exact) mass is 377 g/mol. The van der Waals surface area contributed by atoms with Gasteiger partial charge < -0.3 is 20.4 Å². The number of hydrogen-bond acceptors (Lipinski definition) is 3. The molecule has 0 spiro atoms. The Morgan fingerprint density at radius 3 is 2.57 bits per heavy atom. The molecule has 0 atom stereocenters. The van der Waals surface area contributed by atoms with Crippen molar-refractivity contribution in [1.29, 1.82) is 0 Å². The van der Waals surface area contributed by atoms with Crippen molar-refractivity contribution in [2.75, 3.05) is 10.6 Å². The number of anilines is 2. The maximum atomic E-state index is 12.2. The van der Waals surface area contributed by atoms with Crippen LogP contribution in [0.3, 0.4) is 0 Å². The highest BCUT2D eigenvalue weighted by Crippen LogP contribution is 2.26. The molecule has 0 aliphatic heterocycles. The lowest BCUT2D eigenvalue weighted by Gasteiger charge is -2.15. The van der Waals surface area contributed by atoms with Gasteiger partial charge in [0.05, 0.1) is 17.1 Å². The van der Waals surface area contributed by atoms with E-state index in [0.717, 1.165) is 41.3 Å². The number of hydrogen-bond donors (Lipinski definition) is 3. The molecule has 0 saturated heterocycles. The van der Waals surface area contributed by atoms with E-state index in [4.69, 9.17) is 4.98 Å². The molecule has 3 N–H and O–H groups in total. The van der Waals surface area contributed by atoms with Crippen molar-refractivity contribution < 1.29 is 4.79 Å². The molecule has 146 valence electrons. The molecule has 1 saturated carbocycles. The molecule has 6 nitrogen and oxygen atoms in total. The Labute approximate surface area is 165 Å². The van der Waals surface area contributed by atoms with Gasteiger partial charge in [0.25, 0.3) is 0 Å². The van der Waals surface area contributed by atoms with Crippen LogP contribution in [0.2, 0.25) is 0 Å².